The lowest BCUT2D eigenvalue weighted by molar-refractivity contribution is 0.297. The summed E-state index contributed by atoms with van der Waals surface area (Å²) in [5, 5.41) is 0.638. The van der Waals surface area contributed by atoms with Crippen molar-refractivity contribution < 1.29 is 9.47 Å². The van der Waals surface area contributed by atoms with E-state index in [-0.39, 0.29) is 5.54 Å². The van der Waals surface area contributed by atoms with Crippen LogP contribution in [0.25, 0.3) is 0 Å². The van der Waals surface area contributed by atoms with Crippen LogP contribution in [-0.2, 0) is 5.54 Å². The van der Waals surface area contributed by atoms with Crippen molar-refractivity contribution in [2.75, 3.05) is 13.2 Å². The summed E-state index contributed by atoms with van der Waals surface area (Å²) in [6.45, 7) is 1.32. The van der Waals surface area contributed by atoms with E-state index >= 15 is 0 Å². The van der Waals surface area contributed by atoms with Gasteiger partial charge in [0.15, 0.2) is 11.5 Å². The van der Waals surface area contributed by atoms with Crippen LogP contribution in [-0.4, -0.2) is 13.2 Å². The molecule has 0 aromatic heterocycles. The Hall–Kier alpha value is -0.930. The first-order valence-corrected chi connectivity index (χ1v) is 6.96. The minimum absolute atomic E-state index is 0.290. The molecule has 2 aliphatic rings. The van der Waals surface area contributed by atoms with Crippen LogP contribution in [0.15, 0.2) is 12.1 Å². The summed E-state index contributed by atoms with van der Waals surface area (Å²) in [6.07, 6.45) is 5.20. The van der Waals surface area contributed by atoms with Crippen LogP contribution in [0.3, 0.4) is 0 Å². The van der Waals surface area contributed by atoms with Crippen LogP contribution < -0.4 is 15.2 Å². The van der Waals surface area contributed by atoms with E-state index in [4.69, 9.17) is 26.8 Å². The quantitative estimate of drug-likeness (QED) is 0.850. The molecule has 1 aromatic rings. The molecule has 1 aliphatic carbocycles. The summed E-state index contributed by atoms with van der Waals surface area (Å²) in [5.41, 5.74) is 7.19. The average Bonchev–Trinajstić information content (AvgIpc) is 2.65. The number of nitrogens with two attached hydrogens (primary N) is 1. The Labute approximate surface area is 112 Å². The second-order valence-corrected chi connectivity index (χ2v) is 5.55. The van der Waals surface area contributed by atoms with E-state index in [0.717, 1.165) is 30.6 Å². The number of fused-ring (bicyclic) bond motifs is 1. The first kappa shape index (κ1) is 12.1. The zero-order chi connectivity index (χ0) is 12.6. The third-order valence-electron chi connectivity index (χ3n) is 3.89. The van der Waals surface area contributed by atoms with Crippen molar-refractivity contribution in [1.82, 2.24) is 0 Å². The summed E-state index contributed by atoms with van der Waals surface area (Å²) < 4.78 is 11.3. The van der Waals surface area contributed by atoms with E-state index in [1.165, 1.54) is 12.8 Å². The summed E-state index contributed by atoms with van der Waals surface area (Å²) in [7, 11) is 0. The molecule has 1 aliphatic heterocycles. The van der Waals surface area contributed by atoms with Gasteiger partial charge in [-0.05, 0) is 24.5 Å². The van der Waals surface area contributed by atoms with Gasteiger partial charge in [0.2, 0.25) is 0 Å². The number of ether oxygens (including phenoxy) is 2. The van der Waals surface area contributed by atoms with Gasteiger partial charge in [0.05, 0.1) is 18.2 Å². The van der Waals surface area contributed by atoms with Crippen molar-refractivity contribution >= 4 is 11.6 Å². The molecule has 1 heterocycles. The van der Waals surface area contributed by atoms with Gasteiger partial charge in [0.1, 0.15) is 0 Å². The number of halogens is 1. The van der Waals surface area contributed by atoms with Gasteiger partial charge in [-0.3, -0.25) is 0 Å². The maximum atomic E-state index is 6.48. The first-order valence-electron chi connectivity index (χ1n) is 6.58. The molecule has 3 nitrogen and oxygen atoms in total. The fourth-order valence-electron chi connectivity index (χ4n) is 2.86. The molecule has 0 saturated heterocycles. The Bertz CT molecular complexity index is 455. The maximum Gasteiger partial charge on any atom is 0.180 e. The molecule has 98 valence electrons. The largest absolute Gasteiger partial charge is 0.490 e. The Morgan fingerprint density at radius 1 is 1.06 bits per heavy atom. The lowest BCUT2D eigenvalue weighted by Gasteiger charge is -2.26. The zero-order valence-corrected chi connectivity index (χ0v) is 11.1. The maximum absolute atomic E-state index is 6.48. The third kappa shape index (κ3) is 1.95. The zero-order valence-electron chi connectivity index (χ0n) is 10.4. The predicted octanol–water partition coefficient (Wildman–Crippen LogP) is 3.23. The highest BCUT2D eigenvalue weighted by Gasteiger charge is 2.34. The number of rotatable bonds is 1. The molecular weight excluding hydrogens is 250 g/mol. The van der Waals surface area contributed by atoms with E-state index in [0.29, 0.717) is 24.0 Å². The Morgan fingerprint density at radius 2 is 1.78 bits per heavy atom. The van der Waals surface area contributed by atoms with Crippen molar-refractivity contribution in [3.05, 3.63) is 22.7 Å². The van der Waals surface area contributed by atoms with Crippen molar-refractivity contribution in [2.45, 2.75) is 37.6 Å². The van der Waals surface area contributed by atoms with Gasteiger partial charge in [0.25, 0.3) is 0 Å². The number of hydrogen-bond acceptors (Lipinski definition) is 3. The molecule has 1 saturated carbocycles. The van der Waals surface area contributed by atoms with Crippen LogP contribution in [0.5, 0.6) is 11.5 Å². The lowest BCUT2D eigenvalue weighted by atomic mass is 9.89. The van der Waals surface area contributed by atoms with Gasteiger partial charge in [-0.25, -0.2) is 0 Å². The van der Waals surface area contributed by atoms with E-state index in [2.05, 4.69) is 0 Å². The smallest absolute Gasteiger partial charge is 0.180 e. The minimum atomic E-state index is -0.290. The van der Waals surface area contributed by atoms with Crippen molar-refractivity contribution in [3.63, 3.8) is 0 Å². The van der Waals surface area contributed by atoms with Crippen LogP contribution in [0.2, 0.25) is 5.02 Å². The van der Waals surface area contributed by atoms with Crippen LogP contribution in [0, 0.1) is 0 Å². The average molecular weight is 268 g/mol. The molecule has 4 heteroatoms. The molecule has 0 amide bonds. The Morgan fingerprint density at radius 3 is 2.56 bits per heavy atom. The molecule has 18 heavy (non-hydrogen) atoms. The summed E-state index contributed by atoms with van der Waals surface area (Å²) in [5.74, 6) is 1.41. The molecule has 1 fully saturated rings. The molecular formula is C14H18ClNO2. The monoisotopic (exact) mass is 267 g/mol. The van der Waals surface area contributed by atoms with E-state index in [9.17, 15) is 0 Å². The highest BCUT2D eigenvalue weighted by Crippen LogP contribution is 2.46. The summed E-state index contributed by atoms with van der Waals surface area (Å²) in [6, 6.07) is 3.94. The van der Waals surface area contributed by atoms with Crippen molar-refractivity contribution in [2.24, 2.45) is 5.73 Å². The van der Waals surface area contributed by atoms with Crippen LogP contribution in [0.4, 0.5) is 0 Å². The lowest BCUT2D eigenvalue weighted by Crippen LogP contribution is -2.33. The van der Waals surface area contributed by atoms with E-state index in [1.54, 1.807) is 0 Å². The Kier molecular flexibility index (Phi) is 3.12. The Balaban J connectivity index is 2.04. The van der Waals surface area contributed by atoms with Gasteiger partial charge in [0, 0.05) is 12.0 Å². The molecule has 0 atom stereocenters. The van der Waals surface area contributed by atoms with Crippen molar-refractivity contribution in [3.8, 4) is 11.5 Å². The van der Waals surface area contributed by atoms with Gasteiger partial charge in [-0.15, -0.1) is 0 Å². The standard InChI is InChI=1S/C14H18ClNO2/c15-12-10(14(16)6-1-2-7-14)4-5-11-13(12)18-9-3-8-17-11/h4-5H,1-3,6-9,16H2. The molecule has 0 radical (unpaired) electrons. The minimum Gasteiger partial charge on any atom is -0.490 e. The SMILES string of the molecule is NC1(c2ccc3c(c2Cl)OCCCO3)CCCC1. The molecule has 0 spiro atoms. The van der Waals surface area contributed by atoms with E-state index < -0.39 is 0 Å². The fourth-order valence-corrected chi connectivity index (χ4v) is 3.26. The first-order chi connectivity index (χ1) is 8.71. The number of benzene rings is 1. The molecule has 0 bridgehead atoms. The van der Waals surface area contributed by atoms with Gasteiger partial charge in [-0.2, -0.15) is 0 Å². The van der Waals surface area contributed by atoms with Gasteiger partial charge in [-0.1, -0.05) is 30.5 Å². The number of hydrogen-bond donors (Lipinski definition) is 1. The molecule has 0 unspecified atom stereocenters. The van der Waals surface area contributed by atoms with Crippen LogP contribution >= 0.6 is 11.6 Å². The fraction of sp³-hybridized carbons (Fsp3) is 0.571. The summed E-state index contributed by atoms with van der Waals surface area (Å²) >= 11 is 6.48. The second-order valence-electron chi connectivity index (χ2n) is 5.17. The molecule has 1 aromatic carbocycles. The van der Waals surface area contributed by atoms with Gasteiger partial charge >= 0.3 is 0 Å². The topological polar surface area (TPSA) is 44.5 Å². The molecule has 3 rings (SSSR count). The van der Waals surface area contributed by atoms with E-state index in [1.807, 2.05) is 12.1 Å². The highest BCUT2D eigenvalue weighted by molar-refractivity contribution is 6.33. The normalized spacial score (nSPS) is 21.7. The molecule has 2 N–H and O–H groups in total. The third-order valence-corrected chi connectivity index (χ3v) is 4.26. The summed E-state index contributed by atoms with van der Waals surface area (Å²) in [4.78, 5) is 0. The van der Waals surface area contributed by atoms with Gasteiger partial charge < -0.3 is 15.2 Å². The van der Waals surface area contributed by atoms with Crippen molar-refractivity contribution in [1.29, 1.82) is 0 Å². The highest BCUT2D eigenvalue weighted by atomic mass is 35.5. The van der Waals surface area contributed by atoms with Crippen LogP contribution in [0.1, 0.15) is 37.7 Å². The second kappa shape index (κ2) is 4.63. The predicted molar refractivity (Wildman–Crippen MR) is 71.4 cm³/mol.